The number of methoxy groups -OCH3 is 2. The zero-order chi connectivity index (χ0) is 30.5. The van der Waals surface area contributed by atoms with Crippen LogP contribution >= 0.6 is 0 Å². The quantitative estimate of drug-likeness (QED) is 0.170. The summed E-state index contributed by atoms with van der Waals surface area (Å²) in [4.78, 5) is 37.9. The van der Waals surface area contributed by atoms with Gasteiger partial charge in [0.05, 0.1) is 20.8 Å². The van der Waals surface area contributed by atoms with Crippen LogP contribution in [-0.2, 0) is 33.0 Å². The zero-order valence-electron chi connectivity index (χ0n) is 25.6. The largest absolute Gasteiger partial charge is 0.469 e. The van der Waals surface area contributed by atoms with Crippen molar-refractivity contribution < 1.29 is 33.0 Å². The summed E-state index contributed by atoms with van der Waals surface area (Å²) < 4.78 is 23.1. The lowest BCUT2D eigenvalue weighted by Gasteiger charge is -2.49. The van der Waals surface area contributed by atoms with Crippen LogP contribution in [0.3, 0.4) is 0 Å². The van der Waals surface area contributed by atoms with Crippen LogP contribution in [0.1, 0.15) is 60.8 Å². The second-order valence-corrected chi connectivity index (χ2v) is 16.5. The molecule has 3 atom stereocenters. The summed E-state index contributed by atoms with van der Waals surface area (Å²) in [6, 6.07) is 20.8. The SMILES string of the molecule is COC(=O)CC[C@@]1(C)C=C(CO[Si](c2ccccc2)(c2ccccc2)C(C)(C)C)[C@H](C)C[C@@]1(OC(C)=O)C(=O)OC. The van der Waals surface area contributed by atoms with Crippen LogP contribution in [0, 0.1) is 11.3 Å². The van der Waals surface area contributed by atoms with Crippen LogP contribution in [0.25, 0.3) is 0 Å². The molecule has 41 heavy (non-hydrogen) atoms. The Bertz CT molecular complexity index is 1210. The molecule has 0 fully saturated rings. The Morgan fingerprint density at radius 2 is 1.46 bits per heavy atom. The molecule has 1 aliphatic carbocycles. The van der Waals surface area contributed by atoms with E-state index in [1.54, 1.807) is 0 Å². The van der Waals surface area contributed by atoms with Gasteiger partial charge in [0.25, 0.3) is 8.32 Å². The number of hydrogen-bond acceptors (Lipinski definition) is 7. The van der Waals surface area contributed by atoms with Crippen LogP contribution in [0.4, 0.5) is 0 Å². The average molecular weight is 581 g/mol. The maximum absolute atomic E-state index is 13.4. The molecule has 3 rings (SSSR count). The molecule has 2 aromatic rings. The van der Waals surface area contributed by atoms with Gasteiger partial charge in [0, 0.05) is 25.2 Å². The molecule has 222 valence electrons. The van der Waals surface area contributed by atoms with Crippen molar-refractivity contribution in [1.82, 2.24) is 0 Å². The van der Waals surface area contributed by atoms with E-state index in [1.807, 2.05) is 56.3 Å². The van der Waals surface area contributed by atoms with Gasteiger partial charge < -0.3 is 18.6 Å². The molecule has 0 radical (unpaired) electrons. The normalized spacial score (nSPS) is 22.8. The van der Waals surface area contributed by atoms with E-state index in [0.717, 1.165) is 5.57 Å². The Labute approximate surface area is 245 Å². The van der Waals surface area contributed by atoms with Gasteiger partial charge in [-0.15, -0.1) is 0 Å². The highest BCUT2D eigenvalue weighted by molar-refractivity contribution is 6.99. The molecule has 7 nitrogen and oxygen atoms in total. The van der Waals surface area contributed by atoms with Gasteiger partial charge in [-0.1, -0.05) is 101 Å². The number of esters is 3. The van der Waals surface area contributed by atoms with Crippen LogP contribution in [0.15, 0.2) is 72.3 Å². The Balaban J connectivity index is 2.16. The second kappa shape index (κ2) is 12.7. The first-order valence-electron chi connectivity index (χ1n) is 14.1. The third-order valence-electron chi connectivity index (χ3n) is 8.43. The fourth-order valence-corrected chi connectivity index (χ4v) is 10.8. The number of benzene rings is 2. The maximum atomic E-state index is 13.4. The number of rotatable bonds is 10. The highest BCUT2D eigenvalue weighted by Crippen LogP contribution is 2.51. The number of carbonyl (C=O) groups excluding carboxylic acids is 3. The molecule has 0 aromatic heterocycles. The molecule has 0 spiro atoms. The van der Waals surface area contributed by atoms with Crippen LogP contribution in [0.2, 0.25) is 5.04 Å². The molecular formula is C33H44O7Si. The van der Waals surface area contributed by atoms with Crippen molar-refractivity contribution in [2.24, 2.45) is 11.3 Å². The average Bonchev–Trinajstić information content (AvgIpc) is 2.94. The summed E-state index contributed by atoms with van der Waals surface area (Å²) in [6.45, 7) is 12.1. The number of carbonyl (C=O) groups is 3. The van der Waals surface area contributed by atoms with Crippen molar-refractivity contribution in [3.63, 3.8) is 0 Å². The fraction of sp³-hybridized carbons (Fsp3) is 0.485. The van der Waals surface area contributed by atoms with Gasteiger partial charge in [0.2, 0.25) is 5.60 Å². The van der Waals surface area contributed by atoms with Gasteiger partial charge in [-0.25, -0.2) is 4.79 Å². The lowest BCUT2D eigenvalue weighted by atomic mass is 9.61. The Morgan fingerprint density at radius 3 is 1.90 bits per heavy atom. The second-order valence-electron chi connectivity index (χ2n) is 12.2. The third kappa shape index (κ3) is 6.33. The fourth-order valence-electron chi connectivity index (χ4n) is 6.27. The minimum atomic E-state index is -2.83. The van der Waals surface area contributed by atoms with Gasteiger partial charge in [0.15, 0.2) is 0 Å². The van der Waals surface area contributed by atoms with E-state index in [-0.39, 0.29) is 30.2 Å². The molecule has 0 aliphatic heterocycles. The molecular weight excluding hydrogens is 536 g/mol. The summed E-state index contributed by atoms with van der Waals surface area (Å²) in [6.07, 6.45) is 2.44. The lowest BCUT2D eigenvalue weighted by Crippen LogP contribution is -2.67. The van der Waals surface area contributed by atoms with Gasteiger partial charge in [-0.2, -0.15) is 0 Å². The van der Waals surface area contributed by atoms with E-state index >= 15 is 0 Å². The molecule has 1 aliphatic rings. The first kappa shape index (κ1) is 32.3. The summed E-state index contributed by atoms with van der Waals surface area (Å²) in [5.74, 6) is -1.81. The topological polar surface area (TPSA) is 88.1 Å². The first-order chi connectivity index (χ1) is 19.3. The van der Waals surface area contributed by atoms with Crippen molar-refractivity contribution >= 4 is 36.6 Å². The predicted octanol–water partition coefficient (Wildman–Crippen LogP) is 4.96. The minimum absolute atomic E-state index is 0.0424. The van der Waals surface area contributed by atoms with Crippen LogP contribution < -0.4 is 10.4 Å². The number of ether oxygens (including phenoxy) is 3. The summed E-state index contributed by atoms with van der Waals surface area (Å²) in [5.41, 5.74) is -1.66. The van der Waals surface area contributed by atoms with Crippen LogP contribution in [-0.4, -0.2) is 52.7 Å². The third-order valence-corrected chi connectivity index (χ3v) is 13.4. The van der Waals surface area contributed by atoms with Gasteiger partial charge >= 0.3 is 17.9 Å². The highest BCUT2D eigenvalue weighted by Gasteiger charge is 2.60. The molecule has 0 saturated heterocycles. The van der Waals surface area contributed by atoms with Crippen molar-refractivity contribution in [3.05, 3.63) is 72.3 Å². The number of hydrogen-bond donors (Lipinski definition) is 0. The Kier molecular flexibility index (Phi) is 10.0. The molecule has 0 bridgehead atoms. The van der Waals surface area contributed by atoms with Gasteiger partial charge in [0.1, 0.15) is 0 Å². The van der Waals surface area contributed by atoms with E-state index in [9.17, 15) is 14.4 Å². The smallest absolute Gasteiger partial charge is 0.351 e. The maximum Gasteiger partial charge on any atom is 0.351 e. The molecule has 0 amide bonds. The minimum Gasteiger partial charge on any atom is -0.469 e. The van der Waals surface area contributed by atoms with Gasteiger partial charge in [-0.3, -0.25) is 9.59 Å². The van der Waals surface area contributed by atoms with E-state index in [2.05, 4.69) is 45.0 Å². The predicted molar refractivity (Wildman–Crippen MR) is 161 cm³/mol. The van der Waals surface area contributed by atoms with Gasteiger partial charge in [-0.05, 0) is 33.3 Å². The lowest BCUT2D eigenvalue weighted by molar-refractivity contribution is -0.198. The standard InChI is InChI=1S/C33H44O7Si/c1-24-21-33(30(36)38-8,40-25(2)34)32(6,20-19-29(35)37-7)22-26(24)23-39-41(31(3,4)5,27-15-11-9-12-16-27)28-17-13-10-14-18-28/h9-18,22,24H,19-21,23H2,1-8H3/t24-,32+,33-/m1/s1. The molecule has 0 N–H and O–H groups in total. The summed E-state index contributed by atoms with van der Waals surface area (Å²) in [5, 5.41) is 2.12. The Hall–Kier alpha value is -3.23. The molecule has 0 unspecified atom stereocenters. The monoisotopic (exact) mass is 580 g/mol. The van der Waals surface area contributed by atoms with E-state index < -0.39 is 37.2 Å². The summed E-state index contributed by atoms with van der Waals surface area (Å²) in [7, 11) is -0.226. The van der Waals surface area contributed by atoms with E-state index in [4.69, 9.17) is 18.6 Å². The van der Waals surface area contributed by atoms with Crippen molar-refractivity contribution in [2.45, 2.75) is 71.4 Å². The molecule has 0 heterocycles. The molecule has 0 saturated carbocycles. The zero-order valence-corrected chi connectivity index (χ0v) is 26.6. The van der Waals surface area contributed by atoms with Crippen molar-refractivity contribution in [1.29, 1.82) is 0 Å². The molecule has 2 aromatic carbocycles. The Morgan fingerprint density at radius 1 is 0.927 bits per heavy atom. The summed E-state index contributed by atoms with van der Waals surface area (Å²) >= 11 is 0. The van der Waals surface area contributed by atoms with Crippen molar-refractivity contribution in [2.75, 3.05) is 20.8 Å². The van der Waals surface area contributed by atoms with Crippen LogP contribution in [0.5, 0.6) is 0 Å². The van der Waals surface area contributed by atoms with Crippen molar-refractivity contribution in [3.8, 4) is 0 Å². The van der Waals surface area contributed by atoms with E-state index in [0.29, 0.717) is 6.61 Å². The van der Waals surface area contributed by atoms with E-state index in [1.165, 1.54) is 31.5 Å². The first-order valence-corrected chi connectivity index (χ1v) is 16.0. The molecule has 8 heteroatoms. The highest BCUT2D eigenvalue weighted by atomic mass is 28.4.